The lowest BCUT2D eigenvalue weighted by Crippen LogP contribution is -2.08. The quantitative estimate of drug-likeness (QED) is 0.919. The van der Waals surface area contributed by atoms with E-state index < -0.39 is 0 Å². The van der Waals surface area contributed by atoms with Crippen molar-refractivity contribution in [1.29, 1.82) is 5.26 Å². The molecule has 0 aliphatic rings. The van der Waals surface area contributed by atoms with E-state index in [2.05, 4.69) is 13.0 Å². The van der Waals surface area contributed by atoms with Crippen LogP contribution in [-0.4, -0.2) is 7.11 Å². The third kappa shape index (κ3) is 2.81. The van der Waals surface area contributed by atoms with Crippen LogP contribution in [0.15, 0.2) is 42.5 Å². The van der Waals surface area contributed by atoms with Crippen molar-refractivity contribution in [1.82, 2.24) is 0 Å². The summed E-state index contributed by atoms with van der Waals surface area (Å²) < 4.78 is 5.36. The predicted octanol–water partition coefficient (Wildman–Crippen LogP) is 3.64. The molecule has 0 aliphatic heterocycles. The van der Waals surface area contributed by atoms with Gasteiger partial charge in [-0.15, -0.1) is 0 Å². The normalized spacial score (nSPS) is 11.7. The lowest BCUT2D eigenvalue weighted by atomic mass is 9.98. The first-order valence-electron chi connectivity index (χ1n) is 6.63. The van der Waals surface area contributed by atoms with Crippen molar-refractivity contribution in [2.75, 3.05) is 7.11 Å². The number of rotatable bonds is 4. The monoisotopic (exact) mass is 266 g/mol. The Morgan fingerprint density at radius 1 is 1.20 bits per heavy atom. The molecule has 2 aromatic carbocycles. The van der Waals surface area contributed by atoms with Crippen LogP contribution in [0.1, 0.15) is 30.5 Å². The van der Waals surface area contributed by atoms with Gasteiger partial charge in [-0.3, -0.25) is 0 Å². The van der Waals surface area contributed by atoms with Gasteiger partial charge in [-0.1, -0.05) is 31.2 Å². The molecule has 0 heterocycles. The number of nitrogens with zero attached hydrogens (tertiary/aromatic N) is 1. The summed E-state index contributed by atoms with van der Waals surface area (Å²) in [5.41, 5.74) is 9.69. The van der Waals surface area contributed by atoms with Crippen LogP contribution in [0, 0.1) is 11.3 Å². The minimum atomic E-state index is 0.0661. The van der Waals surface area contributed by atoms with Crippen LogP contribution in [0.4, 0.5) is 0 Å². The van der Waals surface area contributed by atoms with E-state index in [0.717, 1.165) is 28.9 Å². The van der Waals surface area contributed by atoms with E-state index in [0.29, 0.717) is 5.56 Å². The Labute approximate surface area is 119 Å². The highest BCUT2D eigenvalue weighted by Crippen LogP contribution is 2.31. The Kier molecular flexibility index (Phi) is 4.39. The van der Waals surface area contributed by atoms with E-state index in [1.54, 1.807) is 13.2 Å². The van der Waals surface area contributed by atoms with Gasteiger partial charge in [0.05, 0.1) is 18.7 Å². The summed E-state index contributed by atoms with van der Waals surface area (Å²) in [5, 5.41) is 9.01. The van der Waals surface area contributed by atoms with Crippen LogP contribution in [0.25, 0.3) is 11.1 Å². The largest absolute Gasteiger partial charge is 0.496 e. The van der Waals surface area contributed by atoms with Gasteiger partial charge in [0.25, 0.3) is 0 Å². The highest BCUT2D eigenvalue weighted by Gasteiger charge is 2.08. The number of hydrogen-bond donors (Lipinski definition) is 1. The van der Waals surface area contributed by atoms with Gasteiger partial charge in [0.1, 0.15) is 5.75 Å². The van der Waals surface area contributed by atoms with Crippen molar-refractivity contribution < 1.29 is 4.74 Å². The molecule has 20 heavy (non-hydrogen) atoms. The summed E-state index contributed by atoms with van der Waals surface area (Å²) in [4.78, 5) is 0. The van der Waals surface area contributed by atoms with Crippen molar-refractivity contribution in [2.45, 2.75) is 19.4 Å². The van der Waals surface area contributed by atoms with Gasteiger partial charge < -0.3 is 10.5 Å². The number of hydrogen-bond acceptors (Lipinski definition) is 3. The second-order valence-electron chi connectivity index (χ2n) is 4.66. The number of nitriles is 1. The molecule has 0 aliphatic carbocycles. The third-order valence-corrected chi connectivity index (χ3v) is 3.42. The van der Waals surface area contributed by atoms with Crippen LogP contribution in [-0.2, 0) is 0 Å². The molecular formula is C17H18N2O. The molecule has 1 unspecified atom stereocenters. The van der Waals surface area contributed by atoms with Crippen molar-refractivity contribution in [3.8, 4) is 22.9 Å². The first-order valence-corrected chi connectivity index (χ1v) is 6.63. The van der Waals surface area contributed by atoms with Crippen molar-refractivity contribution >= 4 is 0 Å². The molecule has 0 amide bonds. The van der Waals surface area contributed by atoms with E-state index >= 15 is 0 Å². The average Bonchev–Trinajstić information content (AvgIpc) is 2.53. The lowest BCUT2D eigenvalue weighted by molar-refractivity contribution is 0.416. The molecule has 102 valence electrons. The average molecular weight is 266 g/mol. The van der Waals surface area contributed by atoms with Gasteiger partial charge in [0, 0.05) is 11.6 Å². The second kappa shape index (κ2) is 6.23. The summed E-state index contributed by atoms with van der Waals surface area (Å²) in [6, 6.07) is 15.7. The minimum Gasteiger partial charge on any atom is -0.496 e. The first kappa shape index (κ1) is 14.1. The molecule has 2 rings (SSSR count). The Hall–Kier alpha value is -2.31. The van der Waals surface area contributed by atoms with Gasteiger partial charge in [-0.2, -0.15) is 5.26 Å². The third-order valence-electron chi connectivity index (χ3n) is 3.42. The molecular weight excluding hydrogens is 248 g/mol. The van der Waals surface area contributed by atoms with Gasteiger partial charge in [-0.25, -0.2) is 0 Å². The molecule has 0 saturated carbocycles. The first-order chi connectivity index (χ1) is 9.69. The smallest absolute Gasteiger partial charge is 0.126 e. The van der Waals surface area contributed by atoms with Crippen LogP contribution in [0.2, 0.25) is 0 Å². The molecule has 0 aromatic heterocycles. The summed E-state index contributed by atoms with van der Waals surface area (Å²) in [7, 11) is 1.63. The SMILES string of the molecule is CCC(N)c1ccc(-c2cc(C#N)ccc2OC)cc1. The summed E-state index contributed by atoms with van der Waals surface area (Å²) in [6.07, 6.45) is 0.909. The Balaban J connectivity index is 2.43. The summed E-state index contributed by atoms with van der Waals surface area (Å²) in [5.74, 6) is 0.761. The fourth-order valence-corrected chi connectivity index (χ4v) is 2.15. The van der Waals surface area contributed by atoms with E-state index in [-0.39, 0.29) is 6.04 Å². The van der Waals surface area contributed by atoms with Gasteiger partial charge in [-0.05, 0) is 35.7 Å². The van der Waals surface area contributed by atoms with Crippen molar-refractivity contribution in [2.24, 2.45) is 5.73 Å². The van der Waals surface area contributed by atoms with E-state index in [9.17, 15) is 0 Å². The summed E-state index contributed by atoms with van der Waals surface area (Å²) >= 11 is 0. The maximum absolute atomic E-state index is 9.01. The fourth-order valence-electron chi connectivity index (χ4n) is 2.15. The molecule has 0 radical (unpaired) electrons. The highest BCUT2D eigenvalue weighted by molar-refractivity contribution is 5.72. The van der Waals surface area contributed by atoms with E-state index in [1.165, 1.54) is 0 Å². The molecule has 0 saturated heterocycles. The molecule has 3 heteroatoms. The second-order valence-corrected chi connectivity index (χ2v) is 4.66. The zero-order chi connectivity index (χ0) is 14.5. The van der Waals surface area contributed by atoms with E-state index in [1.807, 2.05) is 36.4 Å². The zero-order valence-corrected chi connectivity index (χ0v) is 11.8. The number of methoxy groups -OCH3 is 1. The van der Waals surface area contributed by atoms with Gasteiger partial charge >= 0.3 is 0 Å². The molecule has 3 nitrogen and oxygen atoms in total. The maximum atomic E-state index is 9.01. The molecule has 0 spiro atoms. The maximum Gasteiger partial charge on any atom is 0.126 e. The topological polar surface area (TPSA) is 59.0 Å². The summed E-state index contributed by atoms with van der Waals surface area (Å²) in [6.45, 7) is 2.07. The molecule has 2 N–H and O–H groups in total. The predicted molar refractivity (Wildman–Crippen MR) is 80.4 cm³/mol. The number of benzene rings is 2. The molecule has 2 aromatic rings. The molecule has 0 fully saturated rings. The van der Waals surface area contributed by atoms with Crippen molar-refractivity contribution in [3.63, 3.8) is 0 Å². The van der Waals surface area contributed by atoms with Crippen LogP contribution >= 0.6 is 0 Å². The highest BCUT2D eigenvalue weighted by atomic mass is 16.5. The standard InChI is InChI=1S/C17H18N2O/c1-3-16(19)14-7-5-13(6-8-14)15-10-12(11-18)4-9-17(15)20-2/h4-10,16H,3,19H2,1-2H3. The Bertz CT molecular complexity index is 626. The molecule has 0 bridgehead atoms. The van der Waals surface area contributed by atoms with Gasteiger partial charge in [0.2, 0.25) is 0 Å². The molecule has 1 atom stereocenters. The Morgan fingerprint density at radius 2 is 1.90 bits per heavy atom. The van der Waals surface area contributed by atoms with Gasteiger partial charge in [0.15, 0.2) is 0 Å². The Morgan fingerprint density at radius 3 is 2.45 bits per heavy atom. The number of nitrogens with two attached hydrogens (primary N) is 1. The van der Waals surface area contributed by atoms with Crippen LogP contribution in [0.5, 0.6) is 5.75 Å². The van der Waals surface area contributed by atoms with Crippen LogP contribution < -0.4 is 10.5 Å². The minimum absolute atomic E-state index is 0.0661. The fraction of sp³-hybridized carbons (Fsp3) is 0.235. The number of ether oxygens (including phenoxy) is 1. The lowest BCUT2D eigenvalue weighted by Gasteiger charge is -2.12. The van der Waals surface area contributed by atoms with Crippen molar-refractivity contribution in [3.05, 3.63) is 53.6 Å². The zero-order valence-electron chi connectivity index (χ0n) is 11.8. The van der Waals surface area contributed by atoms with E-state index in [4.69, 9.17) is 15.7 Å². The van der Waals surface area contributed by atoms with Crippen LogP contribution in [0.3, 0.4) is 0 Å².